The Bertz CT molecular complexity index is 659. The van der Waals surface area contributed by atoms with E-state index in [1.807, 2.05) is 0 Å². The maximum Gasteiger partial charge on any atom is 0.573 e. The highest BCUT2D eigenvalue weighted by atomic mass is 35.5. The summed E-state index contributed by atoms with van der Waals surface area (Å²) in [6.45, 7) is -0.0213. The first-order valence-corrected chi connectivity index (χ1v) is 6.49. The molecule has 2 rings (SSSR count). The summed E-state index contributed by atoms with van der Waals surface area (Å²) in [7, 11) is 0. The minimum absolute atomic E-state index is 0.0213. The molecule has 2 aromatic rings. The molecule has 22 heavy (non-hydrogen) atoms. The van der Waals surface area contributed by atoms with Crippen molar-refractivity contribution in [2.24, 2.45) is 5.16 Å². The van der Waals surface area contributed by atoms with Crippen molar-refractivity contribution in [3.8, 4) is 5.75 Å². The van der Waals surface area contributed by atoms with E-state index >= 15 is 0 Å². The number of halogens is 4. The van der Waals surface area contributed by atoms with Crippen LogP contribution in [0.4, 0.5) is 13.2 Å². The van der Waals surface area contributed by atoms with Gasteiger partial charge in [-0.25, -0.2) is 0 Å². The third-order valence-electron chi connectivity index (χ3n) is 2.47. The summed E-state index contributed by atoms with van der Waals surface area (Å²) < 4.78 is 40.1. The Hall–Kier alpha value is -2.21. The van der Waals surface area contributed by atoms with Crippen molar-refractivity contribution in [1.29, 1.82) is 0 Å². The fourth-order valence-corrected chi connectivity index (χ4v) is 1.75. The van der Waals surface area contributed by atoms with Crippen molar-refractivity contribution in [3.63, 3.8) is 0 Å². The quantitative estimate of drug-likeness (QED) is 0.590. The van der Waals surface area contributed by atoms with Gasteiger partial charge in [-0.05, 0) is 23.8 Å². The van der Waals surface area contributed by atoms with Crippen LogP contribution in [0.2, 0.25) is 5.02 Å². The SMILES string of the molecule is FC(F)(F)Oc1cccc(CO/N=[C]\c2ccccc2Cl)c1. The lowest BCUT2D eigenvalue weighted by molar-refractivity contribution is -0.274. The Morgan fingerprint density at radius 3 is 2.59 bits per heavy atom. The van der Waals surface area contributed by atoms with Crippen LogP contribution >= 0.6 is 11.6 Å². The van der Waals surface area contributed by atoms with Gasteiger partial charge in [0, 0.05) is 5.56 Å². The first-order chi connectivity index (χ1) is 10.4. The normalized spacial score (nSPS) is 11.6. The van der Waals surface area contributed by atoms with E-state index in [1.54, 1.807) is 30.3 Å². The summed E-state index contributed by atoms with van der Waals surface area (Å²) in [6.07, 6.45) is -2.13. The molecule has 7 heteroatoms. The van der Waals surface area contributed by atoms with Gasteiger partial charge in [-0.3, -0.25) is 0 Å². The first-order valence-electron chi connectivity index (χ1n) is 6.11. The van der Waals surface area contributed by atoms with Crippen LogP contribution in [0, 0.1) is 0 Å². The predicted molar refractivity (Wildman–Crippen MR) is 75.9 cm³/mol. The summed E-state index contributed by atoms with van der Waals surface area (Å²) in [5.41, 5.74) is 1.03. The number of nitrogens with zero attached hydrogens (tertiary/aromatic N) is 1. The molecule has 0 aliphatic rings. The molecule has 0 fully saturated rings. The third kappa shape index (κ3) is 5.29. The lowest BCUT2D eigenvalue weighted by atomic mass is 10.2. The number of hydrogen-bond acceptors (Lipinski definition) is 3. The molecule has 0 spiro atoms. The second kappa shape index (κ2) is 7.17. The molecule has 1 radical (unpaired) electrons. The van der Waals surface area contributed by atoms with Crippen LogP contribution in [-0.2, 0) is 11.4 Å². The van der Waals surface area contributed by atoms with Crippen LogP contribution in [-0.4, -0.2) is 12.6 Å². The summed E-state index contributed by atoms with van der Waals surface area (Å²) in [5.74, 6) is -0.312. The molecule has 0 heterocycles. The average Bonchev–Trinajstić information content (AvgIpc) is 2.44. The summed E-state index contributed by atoms with van der Waals surface area (Å²) >= 11 is 5.90. The minimum atomic E-state index is -4.73. The highest BCUT2D eigenvalue weighted by molar-refractivity contribution is 6.33. The lowest BCUT2D eigenvalue weighted by Crippen LogP contribution is -2.17. The van der Waals surface area contributed by atoms with Crippen molar-refractivity contribution in [1.82, 2.24) is 0 Å². The average molecular weight is 329 g/mol. The molecule has 0 unspecified atom stereocenters. The Balaban J connectivity index is 1.92. The van der Waals surface area contributed by atoms with E-state index < -0.39 is 6.36 Å². The molecule has 0 atom stereocenters. The van der Waals surface area contributed by atoms with Gasteiger partial charge in [-0.1, -0.05) is 47.1 Å². The number of hydrogen-bond donors (Lipinski definition) is 0. The van der Waals surface area contributed by atoms with Gasteiger partial charge in [0.15, 0.2) is 0 Å². The maximum absolute atomic E-state index is 12.1. The predicted octanol–water partition coefficient (Wildman–Crippen LogP) is 4.67. The standard InChI is InChI=1S/C15H10ClF3NO2/c16-14-7-2-1-5-12(14)9-20-21-10-11-4-3-6-13(8-11)22-15(17,18)19/h1-8H,10H2. The maximum atomic E-state index is 12.1. The third-order valence-corrected chi connectivity index (χ3v) is 2.80. The molecule has 115 valence electrons. The molecule has 0 aliphatic carbocycles. The number of ether oxygens (including phenoxy) is 1. The van der Waals surface area contributed by atoms with Crippen LogP contribution in [0.1, 0.15) is 11.1 Å². The molecule has 2 aromatic carbocycles. The van der Waals surface area contributed by atoms with E-state index in [0.717, 1.165) is 0 Å². The monoisotopic (exact) mass is 328 g/mol. The fourth-order valence-electron chi connectivity index (χ4n) is 1.57. The molecule has 0 saturated heterocycles. The largest absolute Gasteiger partial charge is 0.573 e. The fraction of sp³-hybridized carbons (Fsp3) is 0.133. The van der Waals surface area contributed by atoms with E-state index in [4.69, 9.17) is 16.4 Å². The molecular weight excluding hydrogens is 319 g/mol. The second-order valence-electron chi connectivity index (χ2n) is 4.15. The van der Waals surface area contributed by atoms with Crippen LogP contribution in [0.5, 0.6) is 5.75 Å². The van der Waals surface area contributed by atoms with E-state index in [2.05, 4.69) is 16.1 Å². The van der Waals surface area contributed by atoms with E-state index in [1.165, 1.54) is 18.2 Å². The van der Waals surface area contributed by atoms with Crippen molar-refractivity contribution in [3.05, 3.63) is 64.7 Å². The summed E-state index contributed by atoms with van der Waals surface area (Å²) in [6, 6.07) is 12.4. The highest BCUT2D eigenvalue weighted by Gasteiger charge is 2.31. The van der Waals surface area contributed by atoms with Crippen LogP contribution < -0.4 is 4.74 Å². The molecular formula is C15H10ClF3NO2. The Morgan fingerprint density at radius 1 is 1.09 bits per heavy atom. The van der Waals surface area contributed by atoms with Crippen molar-refractivity contribution < 1.29 is 22.7 Å². The summed E-state index contributed by atoms with van der Waals surface area (Å²) in [5, 5.41) is 4.07. The van der Waals surface area contributed by atoms with Crippen molar-refractivity contribution in [2.45, 2.75) is 13.0 Å². The molecule has 0 aliphatic heterocycles. The zero-order chi connectivity index (χ0) is 16.0. The van der Waals surface area contributed by atoms with Crippen molar-refractivity contribution >= 4 is 17.8 Å². The van der Waals surface area contributed by atoms with E-state index in [0.29, 0.717) is 16.1 Å². The molecule has 3 nitrogen and oxygen atoms in total. The Labute approximate surface area is 129 Å². The second-order valence-corrected chi connectivity index (χ2v) is 4.56. The van der Waals surface area contributed by atoms with E-state index in [9.17, 15) is 13.2 Å². The number of rotatable bonds is 5. The lowest BCUT2D eigenvalue weighted by Gasteiger charge is -2.09. The van der Waals surface area contributed by atoms with Crippen LogP contribution in [0.3, 0.4) is 0 Å². The molecule has 0 aromatic heterocycles. The molecule has 0 saturated carbocycles. The van der Waals surface area contributed by atoms with Crippen molar-refractivity contribution in [2.75, 3.05) is 0 Å². The van der Waals surface area contributed by atoms with E-state index in [-0.39, 0.29) is 12.4 Å². The van der Waals surface area contributed by atoms with Gasteiger partial charge in [-0.15, -0.1) is 13.2 Å². The first kappa shape index (κ1) is 16.2. The smallest absolute Gasteiger partial charge is 0.406 e. The summed E-state index contributed by atoms with van der Waals surface area (Å²) in [4.78, 5) is 4.98. The number of alkyl halides is 3. The van der Waals surface area contributed by atoms with Crippen LogP contribution in [0.25, 0.3) is 0 Å². The van der Waals surface area contributed by atoms with Crippen LogP contribution in [0.15, 0.2) is 53.7 Å². The highest BCUT2D eigenvalue weighted by Crippen LogP contribution is 2.23. The van der Waals surface area contributed by atoms with Gasteiger partial charge in [0.1, 0.15) is 18.6 Å². The van der Waals surface area contributed by atoms with Gasteiger partial charge in [-0.2, -0.15) is 0 Å². The molecule has 0 amide bonds. The van der Waals surface area contributed by atoms with Gasteiger partial charge in [0.25, 0.3) is 0 Å². The Kier molecular flexibility index (Phi) is 5.27. The number of benzene rings is 2. The minimum Gasteiger partial charge on any atom is -0.406 e. The van der Waals surface area contributed by atoms with Gasteiger partial charge in [0.05, 0.1) is 5.02 Å². The molecule has 0 N–H and O–H groups in total. The zero-order valence-corrected chi connectivity index (χ0v) is 11.9. The van der Waals surface area contributed by atoms with Gasteiger partial charge < -0.3 is 9.57 Å². The zero-order valence-electron chi connectivity index (χ0n) is 11.1. The topological polar surface area (TPSA) is 30.8 Å². The Morgan fingerprint density at radius 2 is 1.86 bits per heavy atom. The molecule has 0 bridgehead atoms. The van der Waals surface area contributed by atoms with Gasteiger partial charge in [0.2, 0.25) is 0 Å². The van der Waals surface area contributed by atoms with Gasteiger partial charge >= 0.3 is 6.36 Å².